The highest BCUT2D eigenvalue weighted by Gasteiger charge is 2.57. The summed E-state index contributed by atoms with van der Waals surface area (Å²) in [5, 5.41) is 3.34. The molecule has 0 aliphatic carbocycles. The molecule has 3 aliphatic heterocycles. The van der Waals surface area contributed by atoms with Gasteiger partial charge in [-0.05, 0) is 48.7 Å². The van der Waals surface area contributed by atoms with Crippen molar-refractivity contribution in [2.75, 3.05) is 33.3 Å². The fourth-order valence-corrected chi connectivity index (χ4v) is 5.54. The number of methoxy groups -OCH3 is 1. The maximum Gasteiger partial charge on any atom is 0.253 e. The lowest BCUT2D eigenvalue weighted by molar-refractivity contribution is -0.123. The molecular weight excluding hydrogens is 392 g/mol. The third-order valence-corrected chi connectivity index (χ3v) is 7.22. The second-order valence-electron chi connectivity index (χ2n) is 8.93. The zero-order valence-corrected chi connectivity index (χ0v) is 17.8. The number of hydrogen-bond donors (Lipinski definition) is 1. The van der Waals surface area contributed by atoms with E-state index >= 15 is 0 Å². The highest BCUT2D eigenvalue weighted by Crippen LogP contribution is 2.44. The lowest BCUT2D eigenvalue weighted by Gasteiger charge is -2.42. The van der Waals surface area contributed by atoms with Gasteiger partial charge in [-0.15, -0.1) is 0 Å². The van der Waals surface area contributed by atoms with Crippen molar-refractivity contribution in [1.29, 1.82) is 0 Å². The largest absolute Gasteiger partial charge is 0.497 e. The van der Waals surface area contributed by atoms with E-state index in [1.807, 2.05) is 41.4 Å². The maximum absolute atomic E-state index is 12.9. The molecule has 3 fully saturated rings. The number of benzene rings is 1. The molecule has 0 unspecified atom stereocenters. The summed E-state index contributed by atoms with van der Waals surface area (Å²) in [6, 6.07) is 11.3. The molecule has 4 heterocycles. The van der Waals surface area contributed by atoms with Crippen LogP contribution in [0.3, 0.4) is 0 Å². The number of likely N-dealkylation sites (tertiary alicyclic amines) is 2. The second-order valence-corrected chi connectivity index (χ2v) is 8.93. The number of amides is 2. The SMILES string of the molecule is COc1ccc(C(=O)N2CCC3(CC2)NC(=O)[C@@H]2CN(Cc4cccnc4)C[C@@H]23)cc1. The average molecular weight is 421 g/mol. The van der Waals surface area contributed by atoms with Crippen LogP contribution < -0.4 is 10.1 Å². The third-order valence-electron chi connectivity index (χ3n) is 7.22. The maximum atomic E-state index is 12.9. The Morgan fingerprint density at radius 1 is 1.19 bits per heavy atom. The van der Waals surface area contributed by atoms with Crippen LogP contribution in [0.1, 0.15) is 28.8 Å². The molecule has 2 amide bonds. The number of rotatable bonds is 4. The molecule has 1 aromatic carbocycles. The number of nitrogens with one attached hydrogen (secondary N) is 1. The Morgan fingerprint density at radius 2 is 1.97 bits per heavy atom. The number of ether oxygens (including phenoxy) is 1. The van der Waals surface area contributed by atoms with Gasteiger partial charge < -0.3 is 15.0 Å². The van der Waals surface area contributed by atoms with Gasteiger partial charge in [0, 0.05) is 62.1 Å². The number of pyridine rings is 1. The molecule has 3 saturated heterocycles. The van der Waals surface area contributed by atoms with Crippen LogP contribution in [0, 0.1) is 11.8 Å². The highest BCUT2D eigenvalue weighted by molar-refractivity contribution is 5.94. The van der Waals surface area contributed by atoms with Crippen LogP contribution in [-0.4, -0.2) is 65.4 Å². The van der Waals surface area contributed by atoms with Gasteiger partial charge in [0.05, 0.1) is 13.0 Å². The molecule has 7 nitrogen and oxygen atoms in total. The summed E-state index contributed by atoms with van der Waals surface area (Å²) in [6.45, 7) is 3.85. The molecule has 0 bridgehead atoms. The van der Waals surface area contributed by atoms with E-state index in [2.05, 4.69) is 21.3 Å². The fourth-order valence-electron chi connectivity index (χ4n) is 5.54. The van der Waals surface area contributed by atoms with Crippen LogP contribution in [0.25, 0.3) is 0 Å². The molecule has 2 atom stereocenters. The van der Waals surface area contributed by atoms with Crippen LogP contribution in [0.15, 0.2) is 48.8 Å². The van der Waals surface area contributed by atoms with Gasteiger partial charge in [-0.3, -0.25) is 19.5 Å². The van der Waals surface area contributed by atoms with Gasteiger partial charge in [0.15, 0.2) is 0 Å². The number of carbonyl (C=O) groups is 2. The van der Waals surface area contributed by atoms with E-state index in [1.165, 1.54) is 5.56 Å². The van der Waals surface area contributed by atoms with Crippen molar-refractivity contribution in [1.82, 2.24) is 20.1 Å². The Hall–Kier alpha value is -2.93. The first kappa shape index (κ1) is 20.0. The molecule has 31 heavy (non-hydrogen) atoms. The average Bonchev–Trinajstić information content (AvgIpc) is 3.34. The van der Waals surface area contributed by atoms with E-state index < -0.39 is 0 Å². The zero-order chi connectivity index (χ0) is 21.4. The number of aromatic nitrogens is 1. The van der Waals surface area contributed by atoms with E-state index in [0.29, 0.717) is 24.6 Å². The Kier molecular flexibility index (Phi) is 5.14. The molecular formula is C24H28N4O3. The molecule has 162 valence electrons. The van der Waals surface area contributed by atoms with E-state index in [-0.39, 0.29) is 23.3 Å². The third kappa shape index (κ3) is 3.67. The standard InChI is InChI=1S/C24H28N4O3/c1-31-19-6-4-18(5-7-19)23(30)28-11-8-24(9-12-28)21-16-27(15-20(21)22(29)26-24)14-17-3-2-10-25-13-17/h2-7,10,13,20-21H,8-9,11-12,14-16H2,1H3,(H,26,29)/t20-,21+/m1/s1. The quantitative estimate of drug-likeness (QED) is 0.818. The minimum absolute atomic E-state index is 0.0421. The molecule has 0 saturated carbocycles. The van der Waals surface area contributed by atoms with Gasteiger partial charge in [-0.25, -0.2) is 0 Å². The van der Waals surface area contributed by atoms with Crippen LogP contribution in [0.2, 0.25) is 0 Å². The number of nitrogens with zero attached hydrogens (tertiary/aromatic N) is 3. The van der Waals surface area contributed by atoms with Crippen LogP contribution >= 0.6 is 0 Å². The Balaban J connectivity index is 1.24. The minimum Gasteiger partial charge on any atom is -0.497 e. The van der Waals surface area contributed by atoms with Gasteiger partial charge >= 0.3 is 0 Å². The van der Waals surface area contributed by atoms with Crippen LogP contribution in [0.5, 0.6) is 5.75 Å². The summed E-state index contributed by atoms with van der Waals surface area (Å²) in [6.07, 6.45) is 5.30. The van der Waals surface area contributed by atoms with Gasteiger partial charge in [0.25, 0.3) is 5.91 Å². The van der Waals surface area contributed by atoms with Crippen molar-refractivity contribution in [2.24, 2.45) is 11.8 Å². The van der Waals surface area contributed by atoms with Gasteiger partial charge in [-0.1, -0.05) is 6.07 Å². The lowest BCUT2D eigenvalue weighted by atomic mass is 9.75. The van der Waals surface area contributed by atoms with Crippen LogP contribution in [-0.2, 0) is 11.3 Å². The lowest BCUT2D eigenvalue weighted by Crippen LogP contribution is -2.56. The highest BCUT2D eigenvalue weighted by atomic mass is 16.5. The molecule has 3 aliphatic rings. The van der Waals surface area contributed by atoms with Crippen molar-refractivity contribution in [3.63, 3.8) is 0 Å². The summed E-state index contributed by atoms with van der Waals surface area (Å²) in [5.74, 6) is 1.30. The molecule has 0 radical (unpaired) electrons. The molecule has 1 spiro atoms. The summed E-state index contributed by atoms with van der Waals surface area (Å²) in [4.78, 5) is 34.2. The molecule has 5 rings (SSSR count). The normalized spacial score (nSPS) is 24.8. The smallest absolute Gasteiger partial charge is 0.253 e. The number of carbonyl (C=O) groups excluding carboxylic acids is 2. The van der Waals surface area contributed by atoms with Crippen LogP contribution in [0.4, 0.5) is 0 Å². The Morgan fingerprint density at radius 3 is 2.65 bits per heavy atom. The first-order chi connectivity index (χ1) is 15.1. The predicted octanol–water partition coefficient (Wildman–Crippen LogP) is 1.94. The first-order valence-electron chi connectivity index (χ1n) is 10.9. The molecule has 2 aromatic rings. The van der Waals surface area contributed by atoms with E-state index in [9.17, 15) is 9.59 Å². The van der Waals surface area contributed by atoms with Crippen molar-refractivity contribution in [3.8, 4) is 5.75 Å². The number of piperidine rings is 1. The van der Waals surface area contributed by atoms with Crippen molar-refractivity contribution in [2.45, 2.75) is 24.9 Å². The Labute approximate surface area is 182 Å². The zero-order valence-electron chi connectivity index (χ0n) is 17.8. The summed E-state index contributed by atoms with van der Waals surface area (Å²) in [5.41, 5.74) is 1.66. The number of hydrogen-bond acceptors (Lipinski definition) is 5. The topological polar surface area (TPSA) is 74.8 Å². The van der Waals surface area contributed by atoms with E-state index in [0.717, 1.165) is 38.2 Å². The second kappa shape index (κ2) is 7.96. The molecule has 7 heteroatoms. The summed E-state index contributed by atoms with van der Waals surface area (Å²) >= 11 is 0. The predicted molar refractivity (Wildman–Crippen MR) is 115 cm³/mol. The molecule has 1 aromatic heterocycles. The summed E-state index contributed by atoms with van der Waals surface area (Å²) < 4.78 is 5.18. The number of fused-ring (bicyclic) bond motifs is 2. The van der Waals surface area contributed by atoms with Crippen molar-refractivity contribution in [3.05, 3.63) is 59.9 Å². The Bertz CT molecular complexity index is 955. The van der Waals surface area contributed by atoms with Crippen molar-refractivity contribution < 1.29 is 14.3 Å². The van der Waals surface area contributed by atoms with Crippen molar-refractivity contribution >= 4 is 11.8 Å². The first-order valence-corrected chi connectivity index (χ1v) is 10.9. The molecule has 1 N–H and O–H groups in total. The minimum atomic E-state index is -0.192. The summed E-state index contributed by atoms with van der Waals surface area (Å²) in [7, 11) is 1.62. The van der Waals surface area contributed by atoms with Gasteiger partial charge in [0.1, 0.15) is 5.75 Å². The van der Waals surface area contributed by atoms with Gasteiger partial charge in [0.2, 0.25) is 5.91 Å². The fraction of sp³-hybridized carbons (Fsp3) is 0.458. The van der Waals surface area contributed by atoms with Gasteiger partial charge in [-0.2, -0.15) is 0 Å². The van der Waals surface area contributed by atoms with E-state index in [1.54, 1.807) is 13.3 Å². The van der Waals surface area contributed by atoms with E-state index in [4.69, 9.17) is 4.74 Å². The monoisotopic (exact) mass is 420 g/mol.